The fourth-order valence-corrected chi connectivity index (χ4v) is 2.60. The zero-order valence-corrected chi connectivity index (χ0v) is 11.8. The first-order chi connectivity index (χ1) is 9.13. The number of amides is 1. The standard InChI is InChI=1S/C14H25N3O2/c1-12(18)10-13-6-3-2-4-9-17(13)11-14(19)16-8-5-7-15/h12-13,18H,2-6,8-11H2,1H3,(H,16,19). The lowest BCUT2D eigenvalue weighted by Gasteiger charge is -2.30. The fraction of sp³-hybridized carbons (Fsp3) is 0.857. The molecule has 1 rings (SSSR count). The SMILES string of the molecule is CC(O)CC1CCCCCN1CC(=O)NCCC#N. The summed E-state index contributed by atoms with van der Waals surface area (Å²) in [6, 6.07) is 2.31. The van der Waals surface area contributed by atoms with Crippen molar-refractivity contribution < 1.29 is 9.90 Å². The quantitative estimate of drug-likeness (QED) is 0.705. The molecule has 1 aliphatic rings. The van der Waals surface area contributed by atoms with Crippen molar-refractivity contribution in [3.63, 3.8) is 0 Å². The molecule has 0 aromatic rings. The second-order valence-corrected chi connectivity index (χ2v) is 5.32. The van der Waals surface area contributed by atoms with Crippen LogP contribution in [0.1, 0.15) is 45.4 Å². The highest BCUT2D eigenvalue weighted by atomic mass is 16.3. The van der Waals surface area contributed by atoms with Gasteiger partial charge in [0, 0.05) is 12.6 Å². The number of hydrogen-bond acceptors (Lipinski definition) is 4. The number of carbonyl (C=O) groups is 1. The van der Waals surface area contributed by atoms with E-state index in [1.807, 2.05) is 6.07 Å². The Kier molecular flexibility index (Phi) is 7.46. The van der Waals surface area contributed by atoms with Crippen LogP contribution in [0.25, 0.3) is 0 Å². The number of carbonyl (C=O) groups excluding carboxylic acids is 1. The maximum absolute atomic E-state index is 11.8. The van der Waals surface area contributed by atoms with Crippen LogP contribution in [0.3, 0.4) is 0 Å². The van der Waals surface area contributed by atoms with Gasteiger partial charge in [0.1, 0.15) is 0 Å². The van der Waals surface area contributed by atoms with Crippen LogP contribution in [0.4, 0.5) is 0 Å². The predicted octanol–water partition coefficient (Wildman–Crippen LogP) is 1.03. The minimum absolute atomic E-state index is 0.0206. The first kappa shape index (κ1) is 15.9. The smallest absolute Gasteiger partial charge is 0.234 e. The third-order valence-corrected chi connectivity index (χ3v) is 3.52. The summed E-state index contributed by atoms with van der Waals surface area (Å²) in [6.45, 7) is 3.52. The molecule has 5 nitrogen and oxygen atoms in total. The zero-order valence-electron chi connectivity index (χ0n) is 11.8. The summed E-state index contributed by atoms with van der Waals surface area (Å²) in [5, 5.41) is 20.8. The fourth-order valence-electron chi connectivity index (χ4n) is 2.60. The van der Waals surface area contributed by atoms with Crippen molar-refractivity contribution in [2.45, 2.75) is 57.6 Å². The van der Waals surface area contributed by atoms with Crippen molar-refractivity contribution in [3.05, 3.63) is 0 Å². The van der Waals surface area contributed by atoms with Crippen LogP contribution in [0.15, 0.2) is 0 Å². The normalized spacial score (nSPS) is 22.3. The summed E-state index contributed by atoms with van der Waals surface area (Å²) in [5.74, 6) is -0.0206. The number of nitrogens with zero attached hydrogens (tertiary/aromatic N) is 2. The van der Waals surface area contributed by atoms with E-state index < -0.39 is 0 Å². The molecule has 1 saturated heterocycles. The van der Waals surface area contributed by atoms with Crippen LogP contribution >= 0.6 is 0 Å². The van der Waals surface area contributed by atoms with Crippen molar-refractivity contribution in [1.29, 1.82) is 5.26 Å². The Bertz CT molecular complexity index is 312. The second kappa shape index (κ2) is 8.89. The van der Waals surface area contributed by atoms with Gasteiger partial charge in [0.25, 0.3) is 0 Å². The Morgan fingerprint density at radius 2 is 2.32 bits per heavy atom. The molecule has 0 aromatic heterocycles. The second-order valence-electron chi connectivity index (χ2n) is 5.32. The molecular formula is C14H25N3O2. The van der Waals surface area contributed by atoms with Crippen LogP contribution in [0, 0.1) is 11.3 Å². The zero-order chi connectivity index (χ0) is 14.1. The van der Waals surface area contributed by atoms with E-state index in [0.29, 0.717) is 25.6 Å². The van der Waals surface area contributed by atoms with Gasteiger partial charge in [-0.1, -0.05) is 12.8 Å². The lowest BCUT2D eigenvalue weighted by molar-refractivity contribution is -0.122. The number of aliphatic hydroxyl groups excluding tert-OH is 1. The van der Waals surface area contributed by atoms with E-state index in [1.165, 1.54) is 12.8 Å². The Morgan fingerprint density at radius 1 is 1.53 bits per heavy atom. The Balaban J connectivity index is 2.45. The molecule has 2 N–H and O–H groups in total. The van der Waals surface area contributed by atoms with Gasteiger partial charge in [-0.3, -0.25) is 9.69 Å². The van der Waals surface area contributed by atoms with Crippen molar-refractivity contribution in [2.75, 3.05) is 19.6 Å². The number of hydrogen-bond donors (Lipinski definition) is 2. The number of rotatable bonds is 6. The highest BCUT2D eigenvalue weighted by molar-refractivity contribution is 5.78. The molecule has 1 amide bonds. The van der Waals surface area contributed by atoms with Crippen LogP contribution in [-0.2, 0) is 4.79 Å². The van der Waals surface area contributed by atoms with E-state index in [4.69, 9.17) is 5.26 Å². The molecular weight excluding hydrogens is 242 g/mol. The highest BCUT2D eigenvalue weighted by Gasteiger charge is 2.23. The first-order valence-corrected chi connectivity index (χ1v) is 7.19. The minimum Gasteiger partial charge on any atom is -0.393 e. The van der Waals surface area contributed by atoms with Gasteiger partial charge < -0.3 is 10.4 Å². The molecule has 0 spiro atoms. The summed E-state index contributed by atoms with van der Waals surface area (Å²) in [7, 11) is 0. The Labute approximate surface area is 115 Å². The van der Waals surface area contributed by atoms with Crippen LogP contribution < -0.4 is 5.32 Å². The molecule has 2 atom stereocenters. The highest BCUT2D eigenvalue weighted by Crippen LogP contribution is 2.20. The summed E-state index contributed by atoms with van der Waals surface area (Å²) in [6.07, 6.45) is 5.28. The summed E-state index contributed by atoms with van der Waals surface area (Å²) < 4.78 is 0. The lowest BCUT2D eigenvalue weighted by Crippen LogP contribution is -2.44. The monoisotopic (exact) mass is 267 g/mol. The van der Waals surface area contributed by atoms with Gasteiger partial charge in [-0.25, -0.2) is 0 Å². The number of aliphatic hydroxyl groups is 1. The Hall–Kier alpha value is -1.12. The summed E-state index contributed by atoms with van der Waals surface area (Å²) >= 11 is 0. The third kappa shape index (κ3) is 6.55. The molecule has 0 saturated carbocycles. The number of nitrogens with one attached hydrogen (secondary N) is 1. The van der Waals surface area contributed by atoms with Crippen LogP contribution in [-0.4, -0.2) is 47.7 Å². The van der Waals surface area contributed by atoms with Crippen molar-refractivity contribution in [2.24, 2.45) is 0 Å². The van der Waals surface area contributed by atoms with E-state index >= 15 is 0 Å². The van der Waals surface area contributed by atoms with E-state index in [9.17, 15) is 9.90 Å². The average Bonchev–Trinajstić information content (AvgIpc) is 2.55. The molecule has 19 heavy (non-hydrogen) atoms. The van der Waals surface area contributed by atoms with Gasteiger partial charge in [-0.2, -0.15) is 5.26 Å². The van der Waals surface area contributed by atoms with Gasteiger partial charge in [0.2, 0.25) is 5.91 Å². The predicted molar refractivity (Wildman–Crippen MR) is 73.4 cm³/mol. The first-order valence-electron chi connectivity index (χ1n) is 7.19. The molecule has 1 heterocycles. The molecule has 1 fully saturated rings. The molecule has 2 unspecified atom stereocenters. The van der Waals surface area contributed by atoms with Gasteiger partial charge in [0.15, 0.2) is 0 Å². The molecule has 0 bridgehead atoms. The maximum Gasteiger partial charge on any atom is 0.234 e. The molecule has 1 aliphatic heterocycles. The van der Waals surface area contributed by atoms with Crippen LogP contribution in [0.2, 0.25) is 0 Å². The summed E-state index contributed by atoms with van der Waals surface area (Å²) in [5.41, 5.74) is 0. The van der Waals surface area contributed by atoms with Gasteiger partial charge in [0.05, 0.1) is 25.1 Å². The average molecular weight is 267 g/mol. The number of nitriles is 1. The van der Waals surface area contributed by atoms with Gasteiger partial charge in [-0.05, 0) is 32.7 Å². The minimum atomic E-state index is -0.327. The molecule has 0 radical (unpaired) electrons. The maximum atomic E-state index is 11.8. The molecule has 0 aliphatic carbocycles. The van der Waals surface area contributed by atoms with Crippen molar-refractivity contribution in [3.8, 4) is 6.07 Å². The molecule has 5 heteroatoms. The van der Waals surface area contributed by atoms with E-state index in [1.54, 1.807) is 6.92 Å². The van der Waals surface area contributed by atoms with Gasteiger partial charge >= 0.3 is 0 Å². The van der Waals surface area contributed by atoms with E-state index in [0.717, 1.165) is 25.8 Å². The van der Waals surface area contributed by atoms with Crippen molar-refractivity contribution in [1.82, 2.24) is 10.2 Å². The van der Waals surface area contributed by atoms with Crippen molar-refractivity contribution >= 4 is 5.91 Å². The number of likely N-dealkylation sites (tertiary alicyclic amines) is 1. The van der Waals surface area contributed by atoms with E-state index in [2.05, 4.69) is 10.2 Å². The molecule has 0 aromatic carbocycles. The third-order valence-electron chi connectivity index (χ3n) is 3.52. The summed E-state index contributed by atoms with van der Waals surface area (Å²) in [4.78, 5) is 14.0. The topological polar surface area (TPSA) is 76.4 Å². The Morgan fingerprint density at radius 3 is 3.00 bits per heavy atom. The van der Waals surface area contributed by atoms with Gasteiger partial charge in [-0.15, -0.1) is 0 Å². The lowest BCUT2D eigenvalue weighted by atomic mass is 10.0. The molecule has 108 valence electrons. The largest absolute Gasteiger partial charge is 0.393 e. The van der Waals surface area contributed by atoms with E-state index in [-0.39, 0.29) is 12.0 Å². The van der Waals surface area contributed by atoms with Crippen LogP contribution in [0.5, 0.6) is 0 Å².